The molecule has 128 valence electrons. The molecule has 0 aromatic carbocycles. The van der Waals surface area contributed by atoms with E-state index in [0.29, 0.717) is 12.4 Å². The highest BCUT2D eigenvalue weighted by Crippen LogP contribution is 2.10. The molecule has 25 heavy (non-hydrogen) atoms. The monoisotopic (exact) mass is 340 g/mol. The molecule has 0 spiro atoms. The quantitative estimate of drug-likeness (QED) is 0.702. The van der Waals surface area contributed by atoms with Crippen molar-refractivity contribution >= 4 is 5.91 Å². The molecular formula is C16H16N6O3. The van der Waals surface area contributed by atoms with E-state index in [2.05, 4.69) is 25.4 Å². The molecule has 3 aromatic heterocycles. The van der Waals surface area contributed by atoms with Gasteiger partial charge in [-0.15, -0.1) is 0 Å². The van der Waals surface area contributed by atoms with Crippen molar-refractivity contribution in [2.75, 3.05) is 0 Å². The van der Waals surface area contributed by atoms with Crippen molar-refractivity contribution in [1.29, 1.82) is 0 Å². The summed E-state index contributed by atoms with van der Waals surface area (Å²) >= 11 is 0. The lowest BCUT2D eigenvalue weighted by molar-refractivity contribution is -0.121. The van der Waals surface area contributed by atoms with Gasteiger partial charge in [0.25, 0.3) is 11.4 Å². The number of rotatable bonds is 6. The van der Waals surface area contributed by atoms with Crippen LogP contribution in [0.2, 0.25) is 0 Å². The second-order valence-corrected chi connectivity index (χ2v) is 5.34. The van der Waals surface area contributed by atoms with Crippen molar-refractivity contribution in [3.05, 3.63) is 58.8 Å². The number of nitrogens with zero attached hydrogens (tertiary/aromatic N) is 5. The molecule has 3 rings (SSSR count). The highest BCUT2D eigenvalue weighted by molar-refractivity contribution is 5.75. The normalized spacial score (nSPS) is 10.6. The van der Waals surface area contributed by atoms with E-state index in [1.807, 2.05) is 6.07 Å². The summed E-state index contributed by atoms with van der Waals surface area (Å²) in [5.41, 5.74) is 0.779. The molecule has 0 radical (unpaired) electrons. The largest absolute Gasteiger partial charge is 0.352 e. The Balaban J connectivity index is 1.61. The van der Waals surface area contributed by atoms with Gasteiger partial charge in [0, 0.05) is 38.1 Å². The highest BCUT2D eigenvalue weighted by atomic mass is 16.5. The molecule has 0 bridgehead atoms. The highest BCUT2D eigenvalue weighted by Gasteiger charge is 2.13. The second-order valence-electron chi connectivity index (χ2n) is 5.34. The Labute approximate surface area is 142 Å². The third-order valence-electron chi connectivity index (χ3n) is 3.45. The topological polar surface area (TPSA) is 116 Å². The van der Waals surface area contributed by atoms with E-state index in [1.165, 1.54) is 17.1 Å². The predicted octanol–water partition coefficient (Wildman–Crippen LogP) is 0.703. The molecule has 0 atom stereocenters. The Morgan fingerprint density at radius 1 is 1.32 bits per heavy atom. The fourth-order valence-corrected chi connectivity index (χ4v) is 2.18. The first-order valence-corrected chi connectivity index (χ1v) is 7.64. The minimum absolute atomic E-state index is 0.116. The third kappa shape index (κ3) is 4.14. The van der Waals surface area contributed by atoms with E-state index < -0.39 is 0 Å². The minimum Gasteiger partial charge on any atom is -0.352 e. The molecule has 0 aliphatic carbocycles. The number of aromatic nitrogens is 5. The van der Waals surface area contributed by atoms with Crippen molar-refractivity contribution in [2.45, 2.75) is 26.4 Å². The van der Waals surface area contributed by atoms with Gasteiger partial charge in [-0.25, -0.2) is 4.98 Å². The number of pyridine rings is 1. The lowest BCUT2D eigenvalue weighted by Gasteiger charge is -2.07. The second kappa shape index (κ2) is 7.47. The van der Waals surface area contributed by atoms with Crippen LogP contribution in [0.3, 0.4) is 0 Å². The lowest BCUT2D eigenvalue weighted by Crippen LogP contribution is -2.27. The van der Waals surface area contributed by atoms with E-state index >= 15 is 0 Å². The third-order valence-corrected chi connectivity index (χ3v) is 3.45. The molecule has 3 heterocycles. The van der Waals surface area contributed by atoms with Gasteiger partial charge in [0.05, 0.1) is 6.33 Å². The van der Waals surface area contributed by atoms with Gasteiger partial charge in [-0.05, 0) is 18.6 Å². The Hall–Kier alpha value is -3.36. The fourth-order valence-electron chi connectivity index (χ4n) is 2.18. The maximum atomic E-state index is 12.4. The number of aryl methyl sites for hydroxylation is 2. The van der Waals surface area contributed by atoms with E-state index in [1.54, 1.807) is 25.4 Å². The van der Waals surface area contributed by atoms with Crippen LogP contribution in [-0.2, 0) is 17.9 Å². The van der Waals surface area contributed by atoms with Crippen LogP contribution in [0, 0.1) is 6.92 Å². The molecule has 9 nitrogen and oxygen atoms in total. The summed E-state index contributed by atoms with van der Waals surface area (Å²) < 4.78 is 6.35. The predicted molar refractivity (Wildman–Crippen MR) is 87.2 cm³/mol. The summed E-state index contributed by atoms with van der Waals surface area (Å²) in [6.07, 6.45) is 6.25. The first-order valence-electron chi connectivity index (χ1n) is 7.64. The van der Waals surface area contributed by atoms with Crippen LogP contribution in [-0.4, -0.2) is 30.6 Å². The molecule has 1 N–H and O–H groups in total. The number of amides is 1. The van der Waals surface area contributed by atoms with Gasteiger partial charge < -0.3 is 9.84 Å². The molecule has 0 fully saturated rings. The van der Waals surface area contributed by atoms with Crippen LogP contribution in [0.25, 0.3) is 11.5 Å². The molecule has 0 saturated heterocycles. The first-order chi connectivity index (χ1) is 12.1. The minimum atomic E-state index is -0.335. The van der Waals surface area contributed by atoms with Crippen LogP contribution in [0.5, 0.6) is 0 Å². The molecule has 9 heteroatoms. The van der Waals surface area contributed by atoms with Crippen LogP contribution < -0.4 is 10.9 Å². The zero-order valence-electron chi connectivity index (χ0n) is 13.5. The van der Waals surface area contributed by atoms with Gasteiger partial charge in [0.15, 0.2) is 5.82 Å². The average molecular weight is 340 g/mol. The smallest absolute Gasteiger partial charge is 0.266 e. The zero-order valence-corrected chi connectivity index (χ0v) is 13.5. The van der Waals surface area contributed by atoms with Crippen molar-refractivity contribution in [2.24, 2.45) is 0 Å². The van der Waals surface area contributed by atoms with Gasteiger partial charge in [0.1, 0.15) is 5.56 Å². The maximum Gasteiger partial charge on any atom is 0.266 e. The Morgan fingerprint density at radius 3 is 2.92 bits per heavy atom. The molecule has 0 aliphatic rings. The van der Waals surface area contributed by atoms with Crippen LogP contribution in [0.1, 0.15) is 17.8 Å². The average Bonchev–Trinajstić information content (AvgIpc) is 3.06. The molecule has 0 unspecified atom stereocenters. The fraction of sp³-hybridized carbons (Fsp3) is 0.250. The maximum absolute atomic E-state index is 12.4. The summed E-state index contributed by atoms with van der Waals surface area (Å²) in [5, 5.41) is 6.44. The Bertz CT molecular complexity index is 919. The Morgan fingerprint density at radius 2 is 2.20 bits per heavy atom. The van der Waals surface area contributed by atoms with Gasteiger partial charge in [-0.3, -0.25) is 19.1 Å². The Kier molecular flexibility index (Phi) is 4.93. The van der Waals surface area contributed by atoms with Crippen molar-refractivity contribution in [1.82, 2.24) is 30.0 Å². The SMILES string of the molecule is Cc1noc(-c2cncn(CCC(=O)NCc3cccnc3)c2=O)n1. The number of hydrogen-bond donors (Lipinski definition) is 1. The molecule has 0 aliphatic heterocycles. The standard InChI is InChI=1S/C16H16N6O3/c1-11-20-15(25-21-11)13-9-18-10-22(16(13)24)6-4-14(23)19-8-12-3-2-5-17-7-12/h2-3,5,7,9-10H,4,6,8H2,1H3,(H,19,23). The zero-order chi connectivity index (χ0) is 17.6. The number of nitrogens with one attached hydrogen (secondary N) is 1. The molecular weight excluding hydrogens is 324 g/mol. The van der Waals surface area contributed by atoms with E-state index in [0.717, 1.165) is 5.56 Å². The van der Waals surface area contributed by atoms with Crippen molar-refractivity contribution in [3.8, 4) is 11.5 Å². The summed E-state index contributed by atoms with van der Waals surface area (Å²) in [6.45, 7) is 2.25. The lowest BCUT2D eigenvalue weighted by atomic mass is 10.3. The van der Waals surface area contributed by atoms with Crippen molar-refractivity contribution in [3.63, 3.8) is 0 Å². The molecule has 3 aromatic rings. The molecule has 0 saturated carbocycles. The first kappa shape index (κ1) is 16.5. The summed E-state index contributed by atoms with van der Waals surface area (Å²) in [4.78, 5) is 36.4. The van der Waals surface area contributed by atoms with E-state index in [-0.39, 0.29) is 35.9 Å². The summed E-state index contributed by atoms with van der Waals surface area (Å²) in [7, 11) is 0. The number of carbonyl (C=O) groups is 1. The van der Waals surface area contributed by atoms with Gasteiger partial charge >= 0.3 is 0 Å². The van der Waals surface area contributed by atoms with Crippen molar-refractivity contribution < 1.29 is 9.32 Å². The van der Waals surface area contributed by atoms with Crippen LogP contribution in [0.15, 0.2) is 46.4 Å². The van der Waals surface area contributed by atoms with Crippen LogP contribution in [0.4, 0.5) is 0 Å². The van der Waals surface area contributed by atoms with E-state index in [4.69, 9.17) is 4.52 Å². The van der Waals surface area contributed by atoms with Crippen LogP contribution >= 0.6 is 0 Å². The van der Waals surface area contributed by atoms with E-state index in [9.17, 15) is 9.59 Å². The summed E-state index contributed by atoms with van der Waals surface area (Å²) in [6, 6.07) is 3.68. The van der Waals surface area contributed by atoms with Gasteiger partial charge in [-0.1, -0.05) is 11.2 Å². The van der Waals surface area contributed by atoms with Gasteiger partial charge in [-0.2, -0.15) is 4.98 Å². The number of hydrogen-bond acceptors (Lipinski definition) is 7. The van der Waals surface area contributed by atoms with Gasteiger partial charge in [0.2, 0.25) is 5.91 Å². The summed E-state index contributed by atoms with van der Waals surface area (Å²) in [5.74, 6) is 0.375. The molecule has 1 amide bonds. The number of carbonyl (C=O) groups excluding carboxylic acids is 1.